The van der Waals surface area contributed by atoms with Gasteiger partial charge in [0.15, 0.2) is 11.5 Å². The van der Waals surface area contributed by atoms with E-state index in [-0.39, 0.29) is 18.5 Å². The maximum atomic E-state index is 13.6. The second-order valence-electron chi connectivity index (χ2n) is 5.54. The first kappa shape index (κ1) is 16.1. The average Bonchev–Trinajstić information content (AvgIpc) is 3.04. The van der Waals surface area contributed by atoms with Crippen LogP contribution < -0.4 is 14.8 Å². The van der Waals surface area contributed by atoms with Gasteiger partial charge in [-0.25, -0.2) is 4.39 Å². The summed E-state index contributed by atoms with van der Waals surface area (Å²) in [5.41, 5.74) is 1.92. The summed E-state index contributed by atoms with van der Waals surface area (Å²) in [6, 6.07) is 12.1. The second kappa shape index (κ2) is 7.17. The number of fused-ring (bicyclic) bond motifs is 1. The normalized spacial score (nSPS) is 13.0. The highest BCUT2D eigenvalue weighted by Gasteiger charge is 2.13. The molecule has 4 nitrogen and oxygen atoms in total. The van der Waals surface area contributed by atoms with Crippen molar-refractivity contribution in [3.05, 3.63) is 65.0 Å². The topological polar surface area (TPSA) is 47.6 Å². The van der Waals surface area contributed by atoms with Gasteiger partial charge in [-0.15, -0.1) is 0 Å². The summed E-state index contributed by atoms with van der Waals surface area (Å²) in [5, 5.41) is 2.84. The Morgan fingerprint density at radius 2 is 2.00 bits per heavy atom. The lowest BCUT2D eigenvalue weighted by Gasteiger charge is -2.07. The standard InChI is InChI=1S/C19H18FNO3/c1-13(10-15-4-2-3-5-16(15)20)19(22)21-9-8-14-6-7-17-18(11-14)24-12-23-17/h2-7,10-11H,8-9,12H2,1H3,(H,21,22)/b13-10+. The smallest absolute Gasteiger partial charge is 0.246 e. The molecule has 124 valence electrons. The van der Waals surface area contributed by atoms with E-state index in [0.29, 0.717) is 24.1 Å². The lowest BCUT2D eigenvalue weighted by molar-refractivity contribution is -0.117. The maximum absolute atomic E-state index is 13.6. The molecule has 24 heavy (non-hydrogen) atoms. The first-order valence-corrected chi connectivity index (χ1v) is 7.73. The molecule has 0 saturated heterocycles. The van der Waals surface area contributed by atoms with E-state index < -0.39 is 0 Å². The van der Waals surface area contributed by atoms with E-state index in [0.717, 1.165) is 17.1 Å². The number of ether oxygens (including phenoxy) is 2. The zero-order chi connectivity index (χ0) is 16.9. The van der Waals surface area contributed by atoms with Crippen molar-refractivity contribution in [1.29, 1.82) is 0 Å². The van der Waals surface area contributed by atoms with Gasteiger partial charge in [0, 0.05) is 17.7 Å². The molecule has 1 N–H and O–H groups in total. The van der Waals surface area contributed by atoms with Crippen LogP contribution in [-0.4, -0.2) is 19.2 Å². The van der Waals surface area contributed by atoms with Crippen LogP contribution in [0.2, 0.25) is 0 Å². The molecule has 2 aromatic rings. The van der Waals surface area contributed by atoms with Crippen LogP contribution in [-0.2, 0) is 11.2 Å². The van der Waals surface area contributed by atoms with Crippen LogP contribution in [0.25, 0.3) is 6.08 Å². The molecule has 1 heterocycles. The van der Waals surface area contributed by atoms with E-state index in [1.807, 2.05) is 18.2 Å². The molecular formula is C19H18FNO3. The minimum Gasteiger partial charge on any atom is -0.454 e. The molecule has 5 heteroatoms. The van der Waals surface area contributed by atoms with Crippen molar-refractivity contribution in [2.24, 2.45) is 0 Å². The average molecular weight is 327 g/mol. The number of carbonyl (C=O) groups is 1. The highest BCUT2D eigenvalue weighted by molar-refractivity contribution is 5.97. The molecule has 0 fully saturated rings. The van der Waals surface area contributed by atoms with Crippen LogP contribution >= 0.6 is 0 Å². The number of hydrogen-bond acceptors (Lipinski definition) is 3. The van der Waals surface area contributed by atoms with Gasteiger partial charge >= 0.3 is 0 Å². The monoisotopic (exact) mass is 327 g/mol. The van der Waals surface area contributed by atoms with E-state index in [1.165, 1.54) is 6.07 Å². The number of hydrogen-bond donors (Lipinski definition) is 1. The third-order valence-corrected chi connectivity index (χ3v) is 3.77. The van der Waals surface area contributed by atoms with Gasteiger partial charge in [-0.3, -0.25) is 4.79 Å². The zero-order valence-corrected chi connectivity index (χ0v) is 13.3. The van der Waals surface area contributed by atoms with Gasteiger partial charge in [0.25, 0.3) is 0 Å². The van der Waals surface area contributed by atoms with Crippen LogP contribution in [0.3, 0.4) is 0 Å². The summed E-state index contributed by atoms with van der Waals surface area (Å²) < 4.78 is 24.2. The van der Waals surface area contributed by atoms with Crippen molar-refractivity contribution in [3.63, 3.8) is 0 Å². The fourth-order valence-corrected chi connectivity index (χ4v) is 2.45. The predicted octanol–water partition coefficient (Wildman–Crippen LogP) is 3.32. The van der Waals surface area contributed by atoms with Crippen molar-refractivity contribution in [3.8, 4) is 11.5 Å². The molecule has 3 rings (SSSR count). The minimum atomic E-state index is -0.343. The van der Waals surface area contributed by atoms with Crippen molar-refractivity contribution < 1.29 is 18.7 Å². The number of benzene rings is 2. The van der Waals surface area contributed by atoms with Gasteiger partial charge in [-0.05, 0) is 43.2 Å². The molecule has 2 aromatic carbocycles. The molecule has 0 aromatic heterocycles. The van der Waals surface area contributed by atoms with Crippen molar-refractivity contribution in [2.75, 3.05) is 13.3 Å². The molecule has 1 aliphatic rings. The van der Waals surface area contributed by atoms with E-state index in [2.05, 4.69) is 5.32 Å². The lowest BCUT2D eigenvalue weighted by Crippen LogP contribution is -2.26. The minimum absolute atomic E-state index is 0.209. The van der Waals surface area contributed by atoms with Gasteiger partial charge < -0.3 is 14.8 Å². The summed E-state index contributed by atoms with van der Waals surface area (Å²) >= 11 is 0. The number of rotatable bonds is 5. The van der Waals surface area contributed by atoms with Gasteiger partial charge in [-0.2, -0.15) is 0 Å². The van der Waals surface area contributed by atoms with Gasteiger partial charge in [0.05, 0.1) is 0 Å². The molecule has 0 unspecified atom stereocenters. The zero-order valence-electron chi connectivity index (χ0n) is 13.3. The van der Waals surface area contributed by atoms with Gasteiger partial charge in [-0.1, -0.05) is 24.3 Å². The summed E-state index contributed by atoms with van der Waals surface area (Å²) in [4.78, 5) is 12.1. The molecule has 1 aliphatic heterocycles. The number of halogens is 1. The Morgan fingerprint density at radius 1 is 1.21 bits per heavy atom. The highest BCUT2D eigenvalue weighted by atomic mass is 19.1. The molecule has 0 saturated carbocycles. The van der Waals surface area contributed by atoms with Crippen LogP contribution in [0, 0.1) is 5.82 Å². The van der Waals surface area contributed by atoms with E-state index in [9.17, 15) is 9.18 Å². The number of nitrogens with one attached hydrogen (secondary N) is 1. The quantitative estimate of drug-likeness (QED) is 0.857. The first-order valence-electron chi connectivity index (χ1n) is 7.73. The molecule has 1 amide bonds. The molecule has 0 radical (unpaired) electrons. The van der Waals surface area contributed by atoms with Crippen molar-refractivity contribution in [1.82, 2.24) is 5.32 Å². The molecule has 0 spiro atoms. The summed E-state index contributed by atoms with van der Waals surface area (Å²) in [7, 11) is 0. The Hall–Kier alpha value is -2.82. The SMILES string of the molecule is C/C(=C\c1ccccc1F)C(=O)NCCc1ccc2c(c1)OCO2. The Labute approximate surface area is 139 Å². The fraction of sp³-hybridized carbons (Fsp3) is 0.211. The first-order chi connectivity index (χ1) is 11.6. The maximum Gasteiger partial charge on any atom is 0.246 e. The van der Waals surface area contributed by atoms with E-state index in [4.69, 9.17) is 9.47 Å². The van der Waals surface area contributed by atoms with E-state index >= 15 is 0 Å². The summed E-state index contributed by atoms with van der Waals surface area (Å²) in [6.45, 7) is 2.40. The molecule has 0 atom stereocenters. The number of amides is 1. The van der Waals surface area contributed by atoms with Gasteiger partial charge in [0.2, 0.25) is 12.7 Å². The molecular weight excluding hydrogens is 309 g/mol. The molecule has 0 bridgehead atoms. The van der Waals surface area contributed by atoms with E-state index in [1.54, 1.807) is 31.2 Å². The number of carbonyl (C=O) groups excluding carboxylic acids is 1. The fourth-order valence-electron chi connectivity index (χ4n) is 2.45. The molecule has 0 aliphatic carbocycles. The van der Waals surface area contributed by atoms with Crippen LogP contribution in [0.1, 0.15) is 18.1 Å². The third-order valence-electron chi connectivity index (χ3n) is 3.77. The van der Waals surface area contributed by atoms with Crippen molar-refractivity contribution >= 4 is 12.0 Å². The predicted molar refractivity (Wildman–Crippen MR) is 89.3 cm³/mol. The second-order valence-corrected chi connectivity index (χ2v) is 5.54. The third kappa shape index (κ3) is 3.74. The van der Waals surface area contributed by atoms with Crippen molar-refractivity contribution in [2.45, 2.75) is 13.3 Å². The van der Waals surface area contributed by atoms with Gasteiger partial charge in [0.1, 0.15) is 5.82 Å². The van der Waals surface area contributed by atoms with Crippen LogP contribution in [0.4, 0.5) is 4.39 Å². The Bertz CT molecular complexity index is 786. The Morgan fingerprint density at radius 3 is 2.83 bits per heavy atom. The summed E-state index contributed by atoms with van der Waals surface area (Å²) in [6.07, 6.45) is 2.22. The lowest BCUT2D eigenvalue weighted by atomic mass is 10.1. The Balaban J connectivity index is 1.55. The highest BCUT2D eigenvalue weighted by Crippen LogP contribution is 2.32. The van der Waals surface area contributed by atoms with Crippen LogP contribution in [0.15, 0.2) is 48.0 Å². The largest absolute Gasteiger partial charge is 0.454 e. The summed E-state index contributed by atoms with van der Waals surface area (Å²) in [5.74, 6) is 0.921. The Kier molecular flexibility index (Phi) is 4.79. The van der Waals surface area contributed by atoms with Crippen LogP contribution in [0.5, 0.6) is 11.5 Å².